The number of hydrogen-bond donors (Lipinski definition) is 0. The highest BCUT2D eigenvalue weighted by atomic mass is 79.9. The van der Waals surface area contributed by atoms with Crippen LogP contribution in [0.2, 0.25) is 0 Å². The zero-order chi connectivity index (χ0) is 18.1. The van der Waals surface area contributed by atoms with Crippen LogP contribution >= 0.6 is 15.9 Å². The normalized spacial score (nSPS) is 19.0. The molecule has 0 spiro atoms. The van der Waals surface area contributed by atoms with Crippen molar-refractivity contribution >= 4 is 27.0 Å². The lowest BCUT2D eigenvalue weighted by molar-refractivity contribution is 0.0364. The molecule has 0 N–H and O–H groups in total. The molecular formula is C19H26BrN3O3. The number of rotatable bonds is 6. The summed E-state index contributed by atoms with van der Waals surface area (Å²) in [5, 5.41) is 0. The molecule has 1 saturated heterocycles. The van der Waals surface area contributed by atoms with Gasteiger partial charge >= 0.3 is 5.69 Å². The fraction of sp³-hybridized carbons (Fsp3) is 0.632. The van der Waals surface area contributed by atoms with Crippen LogP contribution in [-0.4, -0.2) is 53.5 Å². The third kappa shape index (κ3) is 3.44. The Morgan fingerprint density at radius 1 is 1.23 bits per heavy atom. The molecule has 0 unspecified atom stereocenters. The first kappa shape index (κ1) is 18.1. The minimum atomic E-state index is 0.0138. The van der Waals surface area contributed by atoms with E-state index in [0.29, 0.717) is 12.5 Å². The van der Waals surface area contributed by atoms with E-state index in [0.717, 1.165) is 60.7 Å². The summed E-state index contributed by atoms with van der Waals surface area (Å²) in [7, 11) is 1.83. The zero-order valence-corrected chi connectivity index (χ0v) is 16.8. The monoisotopic (exact) mass is 423 g/mol. The summed E-state index contributed by atoms with van der Waals surface area (Å²) in [5.74, 6) is 1.45. The second kappa shape index (κ2) is 7.74. The Labute approximate surface area is 161 Å². The van der Waals surface area contributed by atoms with Gasteiger partial charge in [-0.2, -0.15) is 0 Å². The molecule has 2 fully saturated rings. The molecule has 142 valence electrons. The second-order valence-corrected chi connectivity index (χ2v) is 8.15. The number of morpholine rings is 1. The van der Waals surface area contributed by atoms with Gasteiger partial charge in [-0.05, 0) is 46.8 Å². The quantitative estimate of drug-likeness (QED) is 0.716. The number of halogens is 1. The third-order valence-electron chi connectivity index (χ3n) is 5.64. The summed E-state index contributed by atoms with van der Waals surface area (Å²) in [6, 6.07) is 3.96. The van der Waals surface area contributed by atoms with E-state index in [9.17, 15) is 4.79 Å². The minimum absolute atomic E-state index is 0.0138. The minimum Gasteiger partial charge on any atom is -0.490 e. The summed E-state index contributed by atoms with van der Waals surface area (Å²) in [5.41, 5.74) is 1.84. The van der Waals surface area contributed by atoms with E-state index in [-0.39, 0.29) is 5.69 Å². The van der Waals surface area contributed by atoms with Crippen molar-refractivity contribution in [2.24, 2.45) is 13.0 Å². The van der Waals surface area contributed by atoms with E-state index in [2.05, 4.69) is 20.8 Å². The van der Waals surface area contributed by atoms with Gasteiger partial charge in [0.2, 0.25) is 0 Å². The van der Waals surface area contributed by atoms with Crippen molar-refractivity contribution in [3.8, 4) is 5.75 Å². The Morgan fingerprint density at radius 2 is 2.00 bits per heavy atom. The SMILES string of the molecule is Cn1c(=O)n(CCN2CCOCC2)c2c(OCC3CCC3)c(Br)ccc21. The van der Waals surface area contributed by atoms with E-state index in [1.165, 1.54) is 19.3 Å². The van der Waals surface area contributed by atoms with Crippen molar-refractivity contribution in [1.29, 1.82) is 0 Å². The molecule has 6 nitrogen and oxygen atoms in total. The molecule has 2 aliphatic rings. The average molecular weight is 424 g/mol. The first-order chi connectivity index (χ1) is 12.6. The van der Waals surface area contributed by atoms with Crippen molar-refractivity contribution in [2.45, 2.75) is 25.8 Å². The van der Waals surface area contributed by atoms with Gasteiger partial charge in [-0.15, -0.1) is 0 Å². The van der Waals surface area contributed by atoms with Crippen LogP contribution in [0.1, 0.15) is 19.3 Å². The van der Waals surface area contributed by atoms with Crippen molar-refractivity contribution in [2.75, 3.05) is 39.5 Å². The largest absolute Gasteiger partial charge is 0.490 e. The molecule has 0 radical (unpaired) electrons. The van der Waals surface area contributed by atoms with Crippen molar-refractivity contribution in [1.82, 2.24) is 14.0 Å². The number of aromatic nitrogens is 2. The van der Waals surface area contributed by atoms with Crippen molar-refractivity contribution < 1.29 is 9.47 Å². The molecule has 1 aliphatic heterocycles. The van der Waals surface area contributed by atoms with Crippen LogP contribution in [0.3, 0.4) is 0 Å². The van der Waals surface area contributed by atoms with E-state index in [4.69, 9.17) is 9.47 Å². The summed E-state index contributed by atoms with van der Waals surface area (Å²) in [6.45, 7) is 5.62. The molecule has 1 aromatic carbocycles. The number of hydrogen-bond acceptors (Lipinski definition) is 4. The Morgan fingerprint density at radius 3 is 2.69 bits per heavy atom. The van der Waals surface area contributed by atoms with E-state index in [1.54, 1.807) is 4.57 Å². The molecule has 1 aliphatic carbocycles. The molecule has 0 bridgehead atoms. The molecule has 1 saturated carbocycles. The second-order valence-electron chi connectivity index (χ2n) is 7.30. The predicted molar refractivity (Wildman–Crippen MR) is 105 cm³/mol. The first-order valence-corrected chi connectivity index (χ1v) is 10.2. The molecule has 2 heterocycles. The van der Waals surface area contributed by atoms with Crippen molar-refractivity contribution in [3.63, 3.8) is 0 Å². The Hall–Kier alpha value is -1.31. The van der Waals surface area contributed by atoms with E-state index < -0.39 is 0 Å². The molecular weight excluding hydrogens is 398 g/mol. The molecule has 0 atom stereocenters. The van der Waals surface area contributed by atoms with Gasteiger partial charge in [-0.3, -0.25) is 14.0 Å². The van der Waals surface area contributed by atoms with Crippen LogP contribution in [0, 0.1) is 5.92 Å². The Bertz CT molecular complexity index is 835. The highest BCUT2D eigenvalue weighted by molar-refractivity contribution is 9.10. The average Bonchev–Trinajstić information content (AvgIpc) is 2.85. The fourth-order valence-corrected chi connectivity index (χ4v) is 4.15. The van der Waals surface area contributed by atoms with Crippen LogP contribution in [0.25, 0.3) is 11.0 Å². The summed E-state index contributed by atoms with van der Waals surface area (Å²) in [6.07, 6.45) is 3.79. The van der Waals surface area contributed by atoms with Gasteiger partial charge in [0.05, 0.1) is 29.8 Å². The van der Waals surface area contributed by atoms with Crippen LogP contribution in [0.15, 0.2) is 21.4 Å². The van der Waals surface area contributed by atoms with E-state index >= 15 is 0 Å². The highest BCUT2D eigenvalue weighted by Crippen LogP contribution is 2.35. The summed E-state index contributed by atoms with van der Waals surface area (Å²) in [4.78, 5) is 15.2. The maximum absolute atomic E-state index is 12.8. The highest BCUT2D eigenvalue weighted by Gasteiger charge is 2.22. The van der Waals surface area contributed by atoms with E-state index in [1.807, 2.05) is 23.7 Å². The van der Waals surface area contributed by atoms with Crippen LogP contribution in [-0.2, 0) is 18.3 Å². The van der Waals surface area contributed by atoms with Crippen LogP contribution < -0.4 is 10.4 Å². The van der Waals surface area contributed by atoms with Crippen LogP contribution in [0.5, 0.6) is 5.75 Å². The molecule has 1 aromatic heterocycles. The first-order valence-electron chi connectivity index (χ1n) is 9.46. The molecule has 7 heteroatoms. The Kier molecular flexibility index (Phi) is 5.38. The summed E-state index contributed by atoms with van der Waals surface area (Å²) >= 11 is 3.63. The standard InChI is InChI=1S/C19H26BrN3O3/c1-21-16-6-5-15(20)18(26-13-14-3-2-4-14)17(16)23(19(21)24)8-7-22-9-11-25-12-10-22/h5-6,14H,2-4,7-13H2,1H3. The number of fused-ring (bicyclic) bond motifs is 1. The number of benzene rings is 1. The molecule has 26 heavy (non-hydrogen) atoms. The summed E-state index contributed by atoms with van der Waals surface area (Å²) < 4.78 is 16.1. The van der Waals surface area contributed by atoms with Gasteiger partial charge in [0, 0.05) is 33.2 Å². The number of imidazole rings is 1. The Balaban J connectivity index is 1.64. The van der Waals surface area contributed by atoms with Gasteiger partial charge in [0.1, 0.15) is 5.52 Å². The number of aryl methyl sites for hydroxylation is 1. The fourth-order valence-electron chi connectivity index (χ4n) is 3.72. The lowest BCUT2D eigenvalue weighted by Crippen LogP contribution is -2.39. The van der Waals surface area contributed by atoms with Crippen LogP contribution in [0.4, 0.5) is 0 Å². The smallest absolute Gasteiger partial charge is 0.328 e. The molecule has 0 amide bonds. The van der Waals surface area contributed by atoms with Crippen molar-refractivity contribution in [3.05, 3.63) is 27.1 Å². The van der Waals surface area contributed by atoms with Gasteiger partial charge in [-0.1, -0.05) is 6.42 Å². The van der Waals surface area contributed by atoms with Gasteiger partial charge in [0.15, 0.2) is 5.75 Å². The third-order valence-corrected chi connectivity index (χ3v) is 6.27. The maximum atomic E-state index is 12.8. The topological polar surface area (TPSA) is 48.6 Å². The van der Waals surface area contributed by atoms with Gasteiger partial charge in [-0.25, -0.2) is 4.79 Å². The molecule has 4 rings (SSSR count). The number of nitrogens with zero attached hydrogens (tertiary/aromatic N) is 3. The number of ether oxygens (including phenoxy) is 2. The van der Waals surface area contributed by atoms with Gasteiger partial charge in [0.25, 0.3) is 0 Å². The zero-order valence-electron chi connectivity index (χ0n) is 15.2. The lowest BCUT2D eigenvalue weighted by atomic mass is 9.86. The maximum Gasteiger partial charge on any atom is 0.328 e. The van der Waals surface area contributed by atoms with Gasteiger partial charge < -0.3 is 9.47 Å². The molecule has 2 aromatic rings. The lowest BCUT2D eigenvalue weighted by Gasteiger charge is -2.27. The predicted octanol–water partition coefficient (Wildman–Crippen LogP) is 2.61.